The Morgan fingerprint density at radius 2 is 2.00 bits per heavy atom. The summed E-state index contributed by atoms with van der Waals surface area (Å²) in [5, 5.41) is 11.6. The molecule has 17 heavy (non-hydrogen) atoms. The molecule has 0 aliphatic heterocycles. The third-order valence-corrected chi connectivity index (χ3v) is 4.16. The van der Waals surface area contributed by atoms with Gasteiger partial charge >= 0.3 is 0 Å². The summed E-state index contributed by atoms with van der Waals surface area (Å²) in [7, 11) is 6.42. The van der Waals surface area contributed by atoms with Gasteiger partial charge in [0.1, 0.15) is 5.84 Å². The standard InChI is InChI=1S/C12H26N4O/c1-10(8-11(13)14-17)16(4)9-12(15(2)3)6-5-7-12/h10,17H,5-9H2,1-4H3,(H2,13,14). The molecule has 1 unspecified atom stereocenters. The second-order valence-corrected chi connectivity index (χ2v) is 5.53. The van der Waals surface area contributed by atoms with E-state index >= 15 is 0 Å². The lowest BCUT2D eigenvalue weighted by atomic mass is 9.75. The zero-order chi connectivity index (χ0) is 13.1. The highest BCUT2D eigenvalue weighted by Gasteiger charge is 2.40. The quantitative estimate of drug-likeness (QED) is 0.315. The normalized spacial score (nSPS) is 21.6. The number of nitrogens with two attached hydrogens (primary N) is 1. The van der Waals surface area contributed by atoms with Gasteiger partial charge in [-0.15, -0.1) is 0 Å². The minimum absolute atomic E-state index is 0.295. The van der Waals surface area contributed by atoms with E-state index < -0.39 is 0 Å². The highest BCUT2D eigenvalue weighted by atomic mass is 16.4. The van der Waals surface area contributed by atoms with Gasteiger partial charge in [-0.05, 0) is 47.3 Å². The zero-order valence-electron chi connectivity index (χ0n) is 11.5. The van der Waals surface area contributed by atoms with Crippen LogP contribution in [0.1, 0.15) is 32.6 Å². The van der Waals surface area contributed by atoms with Crippen molar-refractivity contribution in [2.75, 3.05) is 27.7 Å². The number of likely N-dealkylation sites (N-methyl/N-ethyl adjacent to an activating group) is 2. The van der Waals surface area contributed by atoms with Gasteiger partial charge in [-0.25, -0.2) is 0 Å². The summed E-state index contributed by atoms with van der Waals surface area (Å²) in [5.41, 5.74) is 5.87. The van der Waals surface area contributed by atoms with Gasteiger partial charge in [0.2, 0.25) is 0 Å². The van der Waals surface area contributed by atoms with Crippen molar-refractivity contribution in [3.05, 3.63) is 0 Å². The van der Waals surface area contributed by atoms with Crippen LogP contribution in [-0.2, 0) is 0 Å². The van der Waals surface area contributed by atoms with Crippen LogP contribution in [0, 0.1) is 0 Å². The lowest BCUT2D eigenvalue weighted by molar-refractivity contribution is 0.0188. The van der Waals surface area contributed by atoms with Gasteiger partial charge in [0.15, 0.2) is 0 Å². The number of hydrogen-bond acceptors (Lipinski definition) is 4. The Labute approximate surface area is 104 Å². The molecule has 1 rings (SSSR count). The van der Waals surface area contributed by atoms with Crippen LogP contribution in [0.4, 0.5) is 0 Å². The largest absolute Gasteiger partial charge is 0.409 e. The third kappa shape index (κ3) is 3.33. The van der Waals surface area contributed by atoms with Crippen LogP contribution in [0.15, 0.2) is 5.16 Å². The van der Waals surface area contributed by atoms with E-state index in [0.29, 0.717) is 23.8 Å². The fourth-order valence-electron chi connectivity index (χ4n) is 2.45. The van der Waals surface area contributed by atoms with Gasteiger partial charge < -0.3 is 20.7 Å². The summed E-state index contributed by atoms with van der Waals surface area (Å²) in [6, 6.07) is 0.295. The molecule has 0 amide bonds. The first-order chi connectivity index (χ1) is 7.91. The van der Waals surface area contributed by atoms with E-state index in [4.69, 9.17) is 10.9 Å². The molecule has 1 atom stereocenters. The van der Waals surface area contributed by atoms with Crippen LogP contribution in [0.2, 0.25) is 0 Å². The summed E-state index contributed by atoms with van der Waals surface area (Å²) in [6.07, 6.45) is 4.46. The summed E-state index contributed by atoms with van der Waals surface area (Å²) >= 11 is 0. The van der Waals surface area contributed by atoms with Gasteiger partial charge in [0.05, 0.1) is 0 Å². The predicted molar refractivity (Wildman–Crippen MR) is 70.4 cm³/mol. The third-order valence-electron chi connectivity index (χ3n) is 4.16. The molecular weight excluding hydrogens is 216 g/mol. The van der Waals surface area contributed by atoms with E-state index in [1.807, 2.05) is 0 Å². The van der Waals surface area contributed by atoms with E-state index in [0.717, 1.165) is 6.54 Å². The maximum atomic E-state index is 8.58. The van der Waals surface area contributed by atoms with Gasteiger partial charge in [-0.3, -0.25) is 0 Å². The lowest BCUT2D eigenvalue weighted by Crippen LogP contribution is -2.58. The Morgan fingerprint density at radius 3 is 2.35 bits per heavy atom. The van der Waals surface area contributed by atoms with Gasteiger partial charge in [0.25, 0.3) is 0 Å². The monoisotopic (exact) mass is 242 g/mol. The van der Waals surface area contributed by atoms with E-state index in [-0.39, 0.29) is 0 Å². The highest BCUT2D eigenvalue weighted by molar-refractivity contribution is 5.80. The maximum absolute atomic E-state index is 8.58. The molecule has 3 N–H and O–H groups in total. The van der Waals surface area contributed by atoms with Crippen molar-refractivity contribution in [3.8, 4) is 0 Å². The molecule has 1 aliphatic carbocycles. The predicted octanol–water partition coefficient (Wildman–Crippen LogP) is 0.928. The molecule has 5 heteroatoms. The van der Waals surface area contributed by atoms with Crippen molar-refractivity contribution < 1.29 is 5.21 Å². The van der Waals surface area contributed by atoms with Crippen LogP contribution in [0.25, 0.3) is 0 Å². The molecule has 0 bridgehead atoms. The van der Waals surface area contributed by atoms with Crippen LogP contribution >= 0.6 is 0 Å². The molecule has 1 saturated carbocycles. The van der Waals surface area contributed by atoms with Gasteiger partial charge in [0, 0.05) is 24.5 Å². The van der Waals surface area contributed by atoms with Crippen molar-refractivity contribution >= 4 is 5.84 Å². The summed E-state index contributed by atoms with van der Waals surface area (Å²) < 4.78 is 0. The average Bonchev–Trinajstić information content (AvgIpc) is 2.22. The number of hydrogen-bond donors (Lipinski definition) is 2. The second-order valence-electron chi connectivity index (χ2n) is 5.53. The van der Waals surface area contributed by atoms with E-state index in [1.165, 1.54) is 19.3 Å². The van der Waals surface area contributed by atoms with Crippen molar-refractivity contribution in [1.82, 2.24) is 9.80 Å². The molecule has 1 aliphatic rings. The molecule has 0 heterocycles. The molecule has 100 valence electrons. The van der Waals surface area contributed by atoms with Crippen molar-refractivity contribution in [3.63, 3.8) is 0 Å². The Morgan fingerprint density at radius 1 is 1.41 bits per heavy atom. The zero-order valence-corrected chi connectivity index (χ0v) is 11.5. The van der Waals surface area contributed by atoms with E-state index in [9.17, 15) is 0 Å². The highest BCUT2D eigenvalue weighted by Crippen LogP contribution is 2.36. The summed E-state index contributed by atoms with van der Waals surface area (Å²) in [6.45, 7) is 3.15. The molecule has 0 aromatic carbocycles. The fourth-order valence-corrected chi connectivity index (χ4v) is 2.45. The molecular formula is C12H26N4O. The topological polar surface area (TPSA) is 65.1 Å². The lowest BCUT2D eigenvalue weighted by Gasteiger charge is -2.50. The number of amidine groups is 1. The van der Waals surface area contributed by atoms with Gasteiger partial charge in [-0.1, -0.05) is 5.16 Å². The van der Waals surface area contributed by atoms with Crippen LogP contribution in [0.3, 0.4) is 0 Å². The van der Waals surface area contributed by atoms with Crippen LogP contribution < -0.4 is 5.73 Å². The number of oxime groups is 1. The first-order valence-electron chi connectivity index (χ1n) is 6.25. The molecule has 5 nitrogen and oxygen atoms in total. The molecule has 1 fully saturated rings. The van der Waals surface area contributed by atoms with Gasteiger partial charge in [-0.2, -0.15) is 0 Å². The SMILES string of the molecule is CC(CC(N)=NO)N(C)CC1(N(C)C)CCC1. The molecule has 0 aromatic heterocycles. The Kier molecular flexibility index (Phi) is 4.77. The minimum Gasteiger partial charge on any atom is -0.409 e. The second kappa shape index (κ2) is 5.69. The first kappa shape index (κ1) is 14.3. The minimum atomic E-state index is 0.295. The Bertz CT molecular complexity index is 274. The fraction of sp³-hybridized carbons (Fsp3) is 0.917. The number of nitrogens with zero attached hydrogens (tertiary/aromatic N) is 3. The maximum Gasteiger partial charge on any atom is 0.140 e. The van der Waals surface area contributed by atoms with E-state index in [2.05, 4.69) is 43.0 Å². The molecule has 0 saturated heterocycles. The van der Waals surface area contributed by atoms with Crippen molar-refractivity contribution in [2.45, 2.75) is 44.2 Å². The summed E-state index contributed by atoms with van der Waals surface area (Å²) in [5.74, 6) is 0.303. The van der Waals surface area contributed by atoms with Crippen molar-refractivity contribution in [1.29, 1.82) is 0 Å². The smallest absolute Gasteiger partial charge is 0.140 e. The Balaban J connectivity index is 2.50. The molecule has 0 aromatic rings. The summed E-state index contributed by atoms with van der Waals surface area (Å²) in [4.78, 5) is 4.64. The van der Waals surface area contributed by atoms with E-state index in [1.54, 1.807) is 0 Å². The van der Waals surface area contributed by atoms with Crippen LogP contribution in [-0.4, -0.2) is 60.1 Å². The van der Waals surface area contributed by atoms with Crippen LogP contribution in [0.5, 0.6) is 0 Å². The molecule has 0 spiro atoms. The van der Waals surface area contributed by atoms with Crippen molar-refractivity contribution in [2.24, 2.45) is 10.9 Å². The Hall–Kier alpha value is -0.810. The molecule has 0 radical (unpaired) electrons. The number of rotatable bonds is 6. The first-order valence-corrected chi connectivity index (χ1v) is 6.25. The average molecular weight is 242 g/mol.